The van der Waals surface area contributed by atoms with E-state index < -0.39 is 0 Å². The van der Waals surface area contributed by atoms with Gasteiger partial charge >= 0.3 is 0 Å². The SMILES string of the molecule is CCn1c(SC(C)C(=O)NC(C)(C)CC)nnc1-c1ccc(OC)cc1. The molecule has 142 valence electrons. The van der Waals surface area contributed by atoms with Crippen LogP contribution in [0.2, 0.25) is 0 Å². The maximum Gasteiger partial charge on any atom is 0.233 e. The molecule has 2 rings (SSSR count). The molecule has 0 aliphatic rings. The summed E-state index contributed by atoms with van der Waals surface area (Å²) in [5.74, 6) is 1.60. The van der Waals surface area contributed by atoms with Gasteiger partial charge in [-0.3, -0.25) is 4.79 Å². The smallest absolute Gasteiger partial charge is 0.233 e. The zero-order valence-corrected chi connectivity index (χ0v) is 17.2. The highest BCUT2D eigenvalue weighted by atomic mass is 32.2. The van der Waals surface area contributed by atoms with E-state index in [1.807, 2.05) is 56.5 Å². The zero-order chi connectivity index (χ0) is 19.3. The summed E-state index contributed by atoms with van der Waals surface area (Å²) in [6.07, 6.45) is 0.878. The van der Waals surface area contributed by atoms with Crippen LogP contribution >= 0.6 is 11.8 Å². The van der Waals surface area contributed by atoms with Gasteiger partial charge < -0.3 is 14.6 Å². The van der Waals surface area contributed by atoms with Crippen molar-refractivity contribution in [2.45, 2.75) is 63.5 Å². The number of benzene rings is 1. The molecule has 0 saturated heterocycles. The van der Waals surface area contributed by atoms with Gasteiger partial charge in [0.05, 0.1) is 12.4 Å². The van der Waals surface area contributed by atoms with Crippen molar-refractivity contribution < 1.29 is 9.53 Å². The van der Waals surface area contributed by atoms with Gasteiger partial charge in [0.25, 0.3) is 0 Å². The number of methoxy groups -OCH3 is 1. The minimum Gasteiger partial charge on any atom is -0.497 e. The number of ether oxygens (including phenoxy) is 1. The van der Waals surface area contributed by atoms with Crippen LogP contribution in [0.25, 0.3) is 11.4 Å². The molecule has 0 bridgehead atoms. The summed E-state index contributed by atoms with van der Waals surface area (Å²) in [6, 6.07) is 7.73. The van der Waals surface area contributed by atoms with Gasteiger partial charge in [0.15, 0.2) is 11.0 Å². The van der Waals surface area contributed by atoms with Crippen LogP contribution in [0.4, 0.5) is 0 Å². The van der Waals surface area contributed by atoms with E-state index in [2.05, 4.69) is 22.4 Å². The van der Waals surface area contributed by atoms with Crippen LogP contribution in [0.1, 0.15) is 41.0 Å². The van der Waals surface area contributed by atoms with Crippen LogP contribution in [0.3, 0.4) is 0 Å². The fourth-order valence-corrected chi connectivity index (χ4v) is 3.26. The molecule has 1 aromatic heterocycles. The topological polar surface area (TPSA) is 69.0 Å². The van der Waals surface area contributed by atoms with Gasteiger partial charge in [0.1, 0.15) is 5.75 Å². The quantitative estimate of drug-likeness (QED) is 0.711. The number of carbonyl (C=O) groups is 1. The lowest BCUT2D eigenvalue weighted by molar-refractivity contribution is -0.121. The molecule has 0 radical (unpaired) electrons. The second-order valence-corrected chi connectivity index (χ2v) is 8.07. The number of amides is 1. The number of aromatic nitrogens is 3. The molecule has 7 heteroatoms. The number of carbonyl (C=O) groups excluding carboxylic acids is 1. The van der Waals surface area contributed by atoms with E-state index in [1.165, 1.54) is 11.8 Å². The van der Waals surface area contributed by atoms with Crippen LogP contribution in [0.5, 0.6) is 5.75 Å². The van der Waals surface area contributed by atoms with Crippen molar-refractivity contribution in [3.8, 4) is 17.1 Å². The molecule has 1 heterocycles. The van der Waals surface area contributed by atoms with Crippen molar-refractivity contribution in [2.75, 3.05) is 7.11 Å². The molecular weight excluding hydrogens is 348 g/mol. The van der Waals surface area contributed by atoms with Gasteiger partial charge in [-0.15, -0.1) is 10.2 Å². The summed E-state index contributed by atoms with van der Waals surface area (Å²) in [5.41, 5.74) is 0.759. The largest absolute Gasteiger partial charge is 0.497 e. The molecule has 6 nitrogen and oxygen atoms in total. The van der Waals surface area contributed by atoms with Gasteiger partial charge in [-0.1, -0.05) is 18.7 Å². The number of nitrogens with zero attached hydrogens (tertiary/aromatic N) is 3. The average Bonchev–Trinajstić information content (AvgIpc) is 3.03. The molecule has 0 fully saturated rings. The number of hydrogen-bond acceptors (Lipinski definition) is 5. The molecule has 2 aromatic rings. The second kappa shape index (κ2) is 8.58. The third-order valence-corrected chi connectivity index (χ3v) is 5.46. The fourth-order valence-electron chi connectivity index (χ4n) is 2.35. The predicted octanol–water partition coefficient (Wildman–Crippen LogP) is 3.76. The Bertz CT molecular complexity index is 740. The molecule has 26 heavy (non-hydrogen) atoms. The molecule has 0 saturated carbocycles. The van der Waals surface area contributed by atoms with Gasteiger partial charge in [-0.25, -0.2) is 0 Å². The standard InChI is InChI=1S/C19H28N4O2S/c1-7-19(4,5)20-17(24)13(3)26-18-22-21-16(23(18)8-2)14-9-11-15(25-6)12-10-14/h9-13H,7-8H2,1-6H3,(H,20,24). The summed E-state index contributed by atoms with van der Waals surface area (Å²) in [5, 5.41) is 12.2. The van der Waals surface area contributed by atoms with E-state index in [1.54, 1.807) is 7.11 Å². The summed E-state index contributed by atoms with van der Waals surface area (Å²) in [7, 11) is 1.64. The lowest BCUT2D eigenvalue weighted by Gasteiger charge is -2.26. The number of thioether (sulfide) groups is 1. The lowest BCUT2D eigenvalue weighted by Crippen LogP contribution is -2.46. The Morgan fingerprint density at radius 3 is 2.46 bits per heavy atom. The van der Waals surface area contributed by atoms with E-state index in [-0.39, 0.29) is 16.7 Å². The highest BCUT2D eigenvalue weighted by molar-refractivity contribution is 8.00. The van der Waals surface area contributed by atoms with Crippen LogP contribution < -0.4 is 10.1 Å². The molecule has 0 aliphatic heterocycles. The molecule has 0 aliphatic carbocycles. The average molecular weight is 377 g/mol. The van der Waals surface area contributed by atoms with Crippen LogP contribution in [0, 0.1) is 0 Å². The molecule has 1 N–H and O–H groups in total. The van der Waals surface area contributed by atoms with Crippen LogP contribution in [-0.2, 0) is 11.3 Å². The van der Waals surface area contributed by atoms with Crippen molar-refractivity contribution in [3.05, 3.63) is 24.3 Å². The summed E-state index contributed by atoms with van der Waals surface area (Å²) < 4.78 is 7.23. The Kier molecular flexibility index (Phi) is 6.69. The maximum atomic E-state index is 12.5. The highest BCUT2D eigenvalue weighted by Gasteiger charge is 2.24. The Hall–Kier alpha value is -2.02. The molecule has 1 amide bonds. The minimum absolute atomic E-state index is 0.0125. The Morgan fingerprint density at radius 2 is 1.92 bits per heavy atom. The first kappa shape index (κ1) is 20.3. The summed E-state index contributed by atoms with van der Waals surface area (Å²) in [6.45, 7) is 10.8. The Morgan fingerprint density at radius 1 is 1.27 bits per heavy atom. The lowest BCUT2D eigenvalue weighted by atomic mass is 10.0. The molecular formula is C19H28N4O2S. The third-order valence-electron chi connectivity index (χ3n) is 4.38. The predicted molar refractivity (Wildman–Crippen MR) is 106 cm³/mol. The molecule has 1 aromatic carbocycles. The summed E-state index contributed by atoms with van der Waals surface area (Å²) in [4.78, 5) is 12.5. The van der Waals surface area contributed by atoms with E-state index >= 15 is 0 Å². The first-order valence-corrected chi connectivity index (χ1v) is 9.75. The van der Waals surface area contributed by atoms with Crippen LogP contribution in [0.15, 0.2) is 29.4 Å². The normalized spacial score (nSPS) is 12.7. The van der Waals surface area contributed by atoms with Gasteiger partial charge in [-0.05, 0) is 58.4 Å². The van der Waals surface area contributed by atoms with E-state index in [0.717, 1.165) is 35.3 Å². The first-order chi connectivity index (χ1) is 12.3. The van der Waals surface area contributed by atoms with Crippen LogP contribution in [-0.4, -0.2) is 38.6 Å². The number of nitrogens with one attached hydrogen (secondary N) is 1. The monoisotopic (exact) mass is 376 g/mol. The fraction of sp³-hybridized carbons (Fsp3) is 0.526. The zero-order valence-electron chi connectivity index (χ0n) is 16.4. The number of hydrogen-bond donors (Lipinski definition) is 1. The van der Waals surface area contributed by atoms with Gasteiger partial charge in [0, 0.05) is 17.6 Å². The van der Waals surface area contributed by atoms with Crippen molar-refractivity contribution in [1.29, 1.82) is 0 Å². The van der Waals surface area contributed by atoms with Gasteiger partial charge in [-0.2, -0.15) is 0 Å². The van der Waals surface area contributed by atoms with Gasteiger partial charge in [0.2, 0.25) is 5.91 Å². The molecule has 0 spiro atoms. The molecule has 1 atom stereocenters. The Balaban J connectivity index is 2.17. The number of rotatable bonds is 8. The van der Waals surface area contributed by atoms with E-state index in [0.29, 0.717) is 0 Å². The summed E-state index contributed by atoms with van der Waals surface area (Å²) >= 11 is 1.43. The first-order valence-electron chi connectivity index (χ1n) is 8.87. The van der Waals surface area contributed by atoms with Crippen molar-refractivity contribution in [2.24, 2.45) is 0 Å². The Labute approximate surface area is 159 Å². The van der Waals surface area contributed by atoms with E-state index in [4.69, 9.17) is 4.74 Å². The second-order valence-electron chi connectivity index (χ2n) is 6.77. The minimum atomic E-state index is -0.251. The maximum absolute atomic E-state index is 12.5. The van der Waals surface area contributed by atoms with E-state index in [9.17, 15) is 4.79 Å². The highest BCUT2D eigenvalue weighted by Crippen LogP contribution is 2.28. The molecule has 1 unspecified atom stereocenters. The van der Waals surface area contributed by atoms with Crippen molar-refractivity contribution >= 4 is 17.7 Å². The van der Waals surface area contributed by atoms with Crippen molar-refractivity contribution in [3.63, 3.8) is 0 Å². The third kappa shape index (κ3) is 4.78. The van der Waals surface area contributed by atoms with Crippen molar-refractivity contribution in [1.82, 2.24) is 20.1 Å².